The number of rotatable bonds is 6. The van der Waals surface area contributed by atoms with E-state index in [9.17, 15) is 23.3 Å². The molecule has 0 aliphatic rings. The summed E-state index contributed by atoms with van der Waals surface area (Å²) in [6, 6.07) is 10.4. The number of benzene rings is 2. The molecule has 0 atom stereocenters. The molecule has 2 N–H and O–H groups in total. The van der Waals surface area contributed by atoms with Crippen molar-refractivity contribution in [2.45, 2.75) is 18.7 Å². The number of amides is 1. The third-order valence-corrected chi connectivity index (χ3v) is 5.72. The van der Waals surface area contributed by atoms with Crippen LogP contribution in [0.25, 0.3) is 0 Å². The monoisotopic (exact) mass is 496 g/mol. The molecule has 0 fully saturated rings. The number of nitrogens with one attached hydrogen (secondary N) is 2. The highest BCUT2D eigenvalue weighted by Gasteiger charge is 2.17. The third-order valence-electron chi connectivity index (χ3n) is 4.04. The zero-order chi connectivity index (χ0) is 22.8. The topological polar surface area (TPSA) is 144 Å². The molecule has 3 rings (SSSR count). The largest absolute Gasteiger partial charge is 1.00 e. The number of hydrogen-bond acceptors (Lipinski definition) is 7. The van der Waals surface area contributed by atoms with E-state index in [0.29, 0.717) is 17.2 Å². The average Bonchev–Trinajstić information content (AvgIpc) is 2.67. The smallest absolute Gasteiger partial charge is 0.270 e. The van der Waals surface area contributed by atoms with Gasteiger partial charge in [-0.2, -0.15) is 0 Å². The molecule has 0 aliphatic carbocycles. The van der Waals surface area contributed by atoms with Gasteiger partial charge >= 0.3 is 0 Å². The summed E-state index contributed by atoms with van der Waals surface area (Å²) in [7, 11) is -3.90. The number of hydrogen-bond donors (Lipinski definition) is 2. The molecule has 0 bridgehead atoms. The summed E-state index contributed by atoms with van der Waals surface area (Å²) >= 11 is 5.96. The summed E-state index contributed by atoms with van der Waals surface area (Å²) in [5, 5.41) is 13.3. The molecule has 0 aliphatic heterocycles. The fraction of sp³-hybridized carbons (Fsp3) is 0.105. The maximum atomic E-state index is 12.6. The molecule has 1 aromatic heterocycles. The number of carbonyl (C=O) groups is 1. The highest BCUT2D eigenvalue weighted by Crippen LogP contribution is 2.24. The summed E-state index contributed by atoms with van der Waals surface area (Å²) in [6.07, 6.45) is 0. The highest BCUT2D eigenvalue weighted by atomic mass is 35.5. The Balaban J connectivity index is 0.00000363. The number of nitro groups is 1. The minimum absolute atomic E-state index is 0. The van der Waals surface area contributed by atoms with Gasteiger partial charge in [0.2, 0.25) is 0 Å². The Morgan fingerprint density at radius 1 is 1.06 bits per heavy atom. The van der Waals surface area contributed by atoms with Crippen LogP contribution in [0.4, 0.5) is 17.2 Å². The zero-order valence-corrected chi connectivity index (χ0v) is 19.0. The Kier molecular flexibility index (Phi) is 7.73. The van der Waals surface area contributed by atoms with Crippen LogP contribution < -0.4 is 22.4 Å². The van der Waals surface area contributed by atoms with Crippen LogP contribution in [0.2, 0.25) is 5.02 Å². The van der Waals surface area contributed by atoms with Gasteiger partial charge in [-0.25, -0.2) is 18.4 Å². The molecule has 1 heterocycles. The molecule has 0 radical (unpaired) electrons. The van der Waals surface area contributed by atoms with E-state index in [1.165, 1.54) is 42.5 Å². The lowest BCUT2D eigenvalue weighted by Gasteiger charge is -2.10. The molecule has 1 amide bonds. The average molecular weight is 497 g/mol. The Labute approximate surface area is 194 Å². The number of carbonyl (C=O) groups excluding carboxylic acids is 1. The molecule has 3 aromatic rings. The van der Waals surface area contributed by atoms with E-state index in [2.05, 4.69) is 20.0 Å². The van der Waals surface area contributed by atoms with Crippen LogP contribution in [-0.2, 0) is 10.0 Å². The Bertz CT molecular complexity index is 1260. The van der Waals surface area contributed by atoms with Gasteiger partial charge in [0.1, 0.15) is 11.6 Å². The first-order valence-corrected chi connectivity index (χ1v) is 10.6. The second-order valence-electron chi connectivity index (χ2n) is 6.45. The lowest BCUT2D eigenvalue weighted by molar-refractivity contribution is -0.384. The summed E-state index contributed by atoms with van der Waals surface area (Å²) < 4.78 is 27.5. The maximum Gasteiger partial charge on any atom is 0.270 e. The standard InChI is InChI=1S/C19H16ClN5O5S.ClH/c1-11-9-18(22-12(2)21-11)24-31(29,30)15-6-3-13(4-7-15)23-19(26)16-8-5-14(25(27)28)10-17(16)20;/h3-10H,1-2H3,(H,23,26)(H,21,22,24);1H/p-1. The predicted octanol–water partition coefficient (Wildman–Crippen LogP) is 0.712. The quantitative estimate of drug-likeness (QED) is 0.377. The van der Waals surface area contributed by atoms with E-state index in [1.807, 2.05) is 0 Å². The summed E-state index contributed by atoms with van der Waals surface area (Å²) in [5.41, 5.74) is 0.734. The molecule has 0 saturated carbocycles. The van der Waals surface area contributed by atoms with E-state index >= 15 is 0 Å². The summed E-state index contributed by atoms with van der Waals surface area (Å²) in [6.45, 7) is 3.38. The van der Waals surface area contributed by atoms with Crippen LogP contribution in [0.15, 0.2) is 53.4 Å². The number of aromatic nitrogens is 2. The van der Waals surface area contributed by atoms with Crippen LogP contribution in [0, 0.1) is 24.0 Å². The van der Waals surface area contributed by atoms with Crippen LogP contribution in [-0.4, -0.2) is 29.2 Å². The first kappa shape index (κ1) is 25.0. The van der Waals surface area contributed by atoms with Crippen molar-refractivity contribution >= 4 is 44.7 Å². The van der Waals surface area contributed by atoms with E-state index in [-0.39, 0.29) is 39.4 Å². The minimum atomic E-state index is -3.90. The van der Waals surface area contributed by atoms with Crippen molar-refractivity contribution in [3.8, 4) is 0 Å². The zero-order valence-electron chi connectivity index (χ0n) is 16.7. The SMILES string of the molecule is Cc1cc(NS(=O)(=O)c2ccc(NC(=O)c3ccc([N+](=O)[O-])cc3Cl)cc2)nc(C)n1.[Cl-]. The normalized spacial score (nSPS) is 10.7. The van der Waals surface area contributed by atoms with E-state index in [1.54, 1.807) is 13.8 Å². The first-order chi connectivity index (χ1) is 14.5. The molecule has 0 spiro atoms. The van der Waals surface area contributed by atoms with E-state index in [4.69, 9.17) is 11.6 Å². The molecule has 2 aromatic carbocycles. The van der Waals surface area contributed by atoms with Gasteiger partial charge in [-0.3, -0.25) is 19.6 Å². The molecule has 10 nitrogen and oxygen atoms in total. The number of sulfonamides is 1. The van der Waals surface area contributed by atoms with Crippen molar-refractivity contribution in [1.82, 2.24) is 9.97 Å². The van der Waals surface area contributed by atoms with Gasteiger partial charge in [0, 0.05) is 29.6 Å². The van der Waals surface area contributed by atoms with Gasteiger partial charge in [-0.1, -0.05) is 11.6 Å². The molecule has 0 unspecified atom stereocenters. The second-order valence-corrected chi connectivity index (χ2v) is 8.54. The second kappa shape index (κ2) is 9.90. The molecule has 13 heteroatoms. The van der Waals surface area contributed by atoms with Gasteiger partial charge in [-0.15, -0.1) is 0 Å². The van der Waals surface area contributed by atoms with Crippen molar-refractivity contribution in [3.63, 3.8) is 0 Å². The number of halogens is 2. The van der Waals surface area contributed by atoms with Gasteiger partial charge in [0.25, 0.3) is 21.6 Å². The number of non-ortho nitro benzene ring substituents is 1. The van der Waals surface area contributed by atoms with Crippen LogP contribution in [0.1, 0.15) is 21.9 Å². The van der Waals surface area contributed by atoms with Crippen LogP contribution >= 0.6 is 11.6 Å². The van der Waals surface area contributed by atoms with Crippen molar-refractivity contribution in [3.05, 3.63) is 80.7 Å². The van der Waals surface area contributed by atoms with Crippen LogP contribution in [0.3, 0.4) is 0 Å². The Morgan fingerprint density at radius 2 is 1.72 bits per heavy atom. The molecule has 0 saturated heterocycles. The van der Waals surface area contributed by atoms with Gasteiger partial charge in [0.15, 0.2) is 0 Å². The van der Waals surface area contributed by atoms with Crippen LogP contribution in [0.5, 0.6) is 0 Å². The molecular weight excluding hydrogens is 481 g/mol. The van der Waals surface area contributed by atoms with Crippen molar-refractivity contribution < 1.29 is 30.5 Å². The summed E-state index contributed by atoms with van der Waals surface area (Å²) in [5.74, 6) is -0.0172. The molecule has 32 heavy (non-hydrogen) atoms. The number of aryl methyl sites for hydroxylation is 2. The number of nitrogens with zero attached hydrogens (tertiary/aromatic N) is 3. The van der Waals surface area contributed by atoms with Gasteiger partial charge in [-0.05, 0) is 44.2 Å². The first-order valence-electron chi connectivity index (χ1n) is 8.75. The van der Waals surface area contributed by atoms with Crippen molar-refractivity contribution in [2.75, 3.05) is 10.0 Å². The van der Waals surface area contributed by atoms with E-state index in [0.717, 1.165) is 6.07 Å². The fourth-order valence-corrected chi connectivity index (χ4v) is 3.94. The lowest BCUT2D eigenvalue weighted by Crippen LogP contribution is -3.00. The lowest BCUT2D eigenvalue weighted by atomic mass is 10.2. The van der Waals surface area contributed by atoms with Gasteiger partial charge < -0.3 is 17.7 Å². The number of nitro benzene ring substituents is 1. The molecule has 168 valence electrons. The third kappa shape index (κ3) is 5.90. The number of anilines is 2. The summed E-state index contributed by atoms with van der Waals surface area (Å²) in [4.78, 5) is 30.6. The van der Waals surface area contributed by atoms with E-state index < -0.39 is 20.9 Å². The molecular formula is C19H16Cl2N5O5S-. The fourth-order valence-electron chi connectivity index (χ4n) is 2.68. The minimum Gasteiger partial charge on any atom is -1.00 e. The predicted molar refractivity (Wildman–Crippen MR) is 115 cm³/mol. The van der Waals surface area contributed by atoms with Crippen molar-refractivity contribution in [2.24, 2.45) is 0 Å². The Morgan fingerprint density at radius 3 is 2.28 bits per heavy atom. The Hall–Kier alpha value is -3.28. The maximum absolute atomic E-state index is 12.6. The van der Waals surface area contributed by atoms with Crippen molar-refractivity contribution in [1.29, 1.82) is 0 Å². The van der Waals surface area contributed by atoms with Gasteiger partial charge in [0.05, 0.1) is 20.4 Å². The highest BCUT2D eigenvalue weighted by molar-refractivity contribution is 7.92.